The van der Waals surface area contributed by atoms with E-state index in [9.17, 15) is 13.2 Å². The SMILES string of the molecule is Cc1ccc(S(=O)(=O)N2CC(C(=O)NCCOc3ccccc3Cl)Oc3ccc(Cl)cc32)cc1. The molecule has 1 N–H and O–H groups in total. The number of para-hydroxylation sites is 1. The first kappa shape index (κ1) is 24.2. The molecular weight excluding hydrogens is 499 g/mol. The summed E-state index contributed by atoms with van der Waals surface area (Å²) in [6.07, 6.45) is -1.06. The van der Waals surface area contributed by atoms with Crippen LogP contribution in [0.1, 0.15) is 5.56 Å². The zero-order valence-electron chi connectivity index (χ0n) is 18.2. The molecule has 0 fully saturated rings. The van der Waals surface area contributed by atoms with Crippen molar-refractivity contribution in [2.45, 2.75) is 17.9 Å². The number of anilines is 1. The van der Waals surface area contributed by atoms with Gasteiger partial charge in [-0.15, -0.1) is 0 Å². The molecule has 0 aliphatic carbocycles. The number of hydrogen-bond donors (Lipinski definition) is 1. The quantitative estimate of drug-likeness (QED) is 0.465. The molecule has 0 spiro atoms. The van der Waals surface area contributed by atoms with Crippen molar-refractivity contribution in [2.24, 2.45) is 0 Å². The minimum atomic E-state index is -3.97. The Morgan fingerprint density at radius 3 is 2.59 bits per heavy atom. The third-order valence-corrected chi connectivity index (χ3v) is 7.53. The van der Waals surface area contributed by atoms with Gasteiger partial charge in [-0.2, -0.15) is 0 Å². The van der Waals surface area contributed by atoms with E-state index in [0.29, 0.717) is 15.8 Å². The third kappa shape index (κ3) is 5.24. The van der Waals surface area contributed by atoms with Crippen molar-refractivity contribution in [3.63, 3.8) is 0 Å². The number of halogens is 2. The van der Waals surface area contributed by atoms with Gasteiger partial charge in [0.05, 0.1) is 28.7 Å². The topological polar surface area (TPSA) is 84.9 Å². The van der Waals surface area contributed by atoms with Crippen molar-refractivity contribution in [1.29, 1.82) is 0 Å². The molecule has 7 nitrogen and oxygen atoms in total. The zero-order valence-corrected chi connectivity index (χ0v) is 20.5. The van der Waals surface area contributed by atoms with Gasteiger partial charge in [-0.1, -0.05) is 53.0 Å². The maximum atomic E-state index is 13.5. The van der Waals surface area contributed by atoms with Crippen molar-refractivity contribution in [3.8, 4) is 11.5 Å². The first-order chi connectivity index (χ1) is 16.3. The van der Waals surface area contributed by atoms with Crippen LogP contribution in [0.5, 0.6) is 11.5 Å². The summed E-state index contributed by atoms with van der Waals surface area (Å²) in [5.74, 6) is 0.291. The van der Waals surface area contributed by atoms with E-state index in [2.05, 4.69) is 5.32 Å². The summed E-state index contributed by atoms with van der Waals surface area (Å²) in [5, 5.41) is 3.55. The molecule has 10 heteroatoms. The highest BCUT2D eigenvalue weighted by Crippen LogP contribution is 2.38. The Labute approximate surface area is 208 Å². The van der Waals surface area contributed by atoms with Gasteiger partial charge in [0.15, 0.2) is 6.10 Å². The molecule has 1 unspecified atom stereocenters. The molecule has 178 valence electrons. The Balaban J connectivity index is 1.50. The van der Waals surface area contributed by atoms with Gasteiger partial charge < -0.3 is 14.8 Å². The lowest BCUT2D eigenvalue weighted by Gasteiger charge is -2.34. The van der Waals surface area contributed by atoms with E-state index in [0.717, 1.165) is 9.87 Å². The third-order valence-electron chi connectivity index (χ3n) is 5.19. The molecule has 4 rings (SSSR count). The molecule has 0 radical (unpaired) electrons. The molecule has 0 saturated carbocycles. The first-order valence-corrected chi connectivity index (χ1v) is 12.7. The number of nitrogens with zero attached hydrogens (tertiary/aromatic N) is 1. The van der Waals surface area contributed by atoms with Crippen LogP contribution in [0.15, 0.2) is 71.6 Å². The van der Waals surface area contributed by atoms with Crippen molar-refractivity contribution in [3.05, 3.63) is 82.3 Å². The van der Waals surface area contributed by atoms with E-state index in [-0.39, 0.29) is 36.0 Å². The van der Waals surface area contributed by atoms with Gasteiger partial charge in [0.1, 0.15) is 18.1 Å². The first-order valence-electron chi connectivity index (χ1n) is 10.5. The van der Waals surface area contributed by atoms with Crippen LogP contribution in [-0.4, -0.2) is 40.1 Å². The van der Waals surface area contributed by atoms with Crippen LogP contribution in [0.2, 0.25) is 10.0 Å². The summed E-state index contributed by atoms with van der Waals surface area (Å²) in [6.45, 7) is 2.03. The van der Waals surface area contributed by atoms with Crippen molar-refractivity contribution in [1.82, 2.24) is 5.32 Å². The summed E-state index contributed by atoms with van der Waals surface area (Å²) in [6, 6.07) is 18.2. The average molecular weight is 521 g/mol. The second-order valence-electron chi connectivity index (χ2n) is 7.64. The van der Waals surface area contributed by atoms with Crippen LogP contribution >= 0.6 is 23.2 Å². The Morgan fingerprint density at radius 2 is 1.85 bits per heavy atom. The number of benzene rings is 3. The van der Waals surface area contributed by atoms with E-state index in [1.165, 1.54) is 18.2 Å². The monoisotopic (exact) mass is 520 g/mol. The Morgan fingerprint density at radius 1 is 1.12 bits per heavy atom. The molecule has 3 aromatic carbocycles. The molecule has 1 aliphatic rings. The van der Waals surface area contributed by atoms with Crippen molar-refractivity contribution in [2.75, 3.05) is 24.0 Å². The number of amides is 1. The fourth-order valence-electron chi connectivity index (χ4n) is 3.44. The minimum Gasteiger partial charge on any atom is -0.490 e. The predicted molar refractivity (Wildman–Crippen MR) is 132 cm³/mol. The van der Waals surface area contributed by atoms with E-state index in [1.807, 2.05) is 6.92 Å². The lowest BCUT2D eigenvalue weighted by molar-refractivity contribution is -0.127. The van der Waals surface area contributed by atoms with Gasteiger partial charge >= 0.3 is 0 Å². The number of sulfonamides is 1. The highest BCUT2D eigenvalue weighted by Gasteiger charge is 2.37. The van der Waals surface area contributed by atoms with Gasteiger partial charge in [-0.25, -0.2) is 8.42 Å². The van der Waals surface area contributed by atoms with Gasteiger partial charge in [0.2, 0.25) is 0 Å². The van der Waals surface area contributed by atoms with Gasteiger partial charge in [0.25, 0.3) is 15.9 Å². The number of hydrogen-bond acceptors (Lipinski definition) is 5. The van der Waals surface area contributed by atoms with Crippen molar-refractivity contribution >= 4 is 44.8 Å². The predicted octanol–water partition coefficient (Wildman–Crippen LogP) is 4.45. The van der Waals surface area contributed by atoms with Gasteiger partial charge in [-0.3, -0.25) is 9.10 Å². The Bertz CT molecular complexity index is 1300. The second-order valence-corrected chi connectivity index (χ2v) is 10.3. The normalized spacial score (nSPS) is 15.3. The summed E-state index contributed by atoms with van der Waals surface area (Å²) in [5.41, 5.74) is 1.21. The van der Waals surface area contributed by atoms with E-state index < -0.39 is 22.0 Å². The van der Waals surface area contributed by atoms with Crippen molar-refractivity contribution < 1.29 is 22.7 Å². The number of fused-ring (bicyclic) bond motifs is 1. The summed E-state index contributed by atoms with van der Waals surface area (Å²) in [7, 11) is -3.97. The van der Waals surface area contributed by atoms with Crippen LogP contribution in [0.4, 0.5) is 5.69 Å². The number of carbonyl (C=O) groups is 1. The second kappa shape index (κ2) is 10.1. The highest BCUT2D eigenvalue weighted by atomic mass is 35.5. The van der Waals surface area contributed by atoms with Crippen LogP contribution < -0.4 is 19.1 Å². The summed E-state index contributed by atoms with van der Waals surface area (Å²) in [4.78, 5) is 13.0. The highest BCUT2D eigenvalue weighted by molar-refractivity contribution is 7.92. The smallest absolute Gasteiger partial charge is 0.264 e. The van der Waals surface area contributed by atoms with Gasteiger partial charge in [0, 0.05) is 5.02 Å². The Kier molecular flexibility index (Phi) is 7.21. The van der Waals surface area contributed by atoms with Crippen LogP contribution in [0.25, 0.3) is 0 Å². The number of ether oxygens (including phenoxy) is 2. The lowest BCUT2D eigenvalue weighted by atomic mass is 10.2. The number of nitrogens with one attached hydrogen (secondary N) is 1. The molecule has 34 heavy (non-hydrogen) atoms. The largest absolute Gasteiger partial charge is 0.490 e. The average Bonchev–Trinajstić information content (AvgIpc) is 2.82. The molecule has 0 aromatic heterocycles. The number of aryl methyl sites for hydroxylation is 1. The molecule has 0 bridgehead atoms. The van der Waals surface area contributed by atoms with Crippen LogP contribution in [0, 0.1) is 6.92 Å². The minimum absolute atomic E-state index is 0.109. The fourth-order valence-corrected chi connectivity index (χ4v) is 5.26. The maximum Gasteiger partial charge on any atom is 0.264 e. The maximum absolute atomic E-state index is 13.5. The van der Waals surface area contributed by atoms with Crippen LogP contribution in [-0.2, 0) is 14.8 Å². The van der Waals surface area contributed by atoms with E-state index >= 15 is 0 Å². The molecular formula is C24H22Cl2N2O5S. The fraction of sp³-hybridized carbons (Fsp3) is 0.208. The molecule has 3 aromatic rings. The molecule has 1 amide bonds. The standard InChI is InChI=1S/C24H22Cl2N2O5S/c1-16-6-9-18(10-7-16)34(30,31)28-15-23(33-22-11-8-17(25)14-20(22)28)24(29)27-12-13-32-21-5-3-2-4-19(21)26/h2-11,14,23H,12-13,15H2,1H3,(H,27,29). The van der Waals surface area contributed by atoms with Gasteiger partial charge in [-0.05, 0) is 49.4 Å². The Hall–Kier alpha value is -2.94. The van der Waals surface area contributed by atoms with E-state index in [1.54, 1.807) is 48.5 Å². The molecule has 1 atom stereocenters. The number of rotatable bonds is 7. The zero-order chi connectivity index (χ0) is 24.3. The number of carbonyl (C=O) groups excluding carboxylic acids is 1. The summed E-state index contributed by atoms with van der Waals surface area (Å²) < 4.78 is 39.5. The molecule has 1 heterocycles. The van der Waals surface area contributed by atoms with E-state index in [4.69, 9.17) is 32.7 Å². The van der Waals surface area contributed by atoms with Crippen LogP contribution in [0.3, 0.4) is 0 Å². The summed E-state index contributed by atoms with van der Waals surface area (Å²) >= 11 is 12.2. The molecule has 0 saturated heterocycles. The molecule has 1 aliphatic heterocycles. The lowest BCUT2D eigenvalue weighted by Crippen LogP contribution is -2.51.